The van der Waals surface area contributed by atoms with E-state index in [-0.39, 0.29) is 22.0 Å². The molecule has 0 aliphatic carbocycles. The maximum absolute atomic E-state index is 12.0. The molecule has 1 aromatic carbocycles. The number of H-pyrrole nitrogens is 1. The van der Waals surface area contributed by atoms with Crippen LogP contribution in [0.25, 0.3) is 0 Å². The van der Waals surface area contributed by atoms with Crippen molar-refractivity contribution in [1.82, 2.24) is 10.2 Å². The Morgan fingerprint density at radius 3 is 2.64 bits per heavy atom. The number of carboxylic acids is 1. The summed E-state index contributed by atoms with van der Waals surface area (Å²) in [6, 6.07) is 6.75. The van der Waals surface area contributed by atoms with Crippen LogP contribution in [0, 0.1) is 6.92 Å². The van der Waals surface area contributed by atoms with Gasteiger partial charge in [0.1, 0.15) is 0 Å². The van der Waals surface area contributed by atoms with Crippen LogP contribution in [0.5, 0.6) is 0 Å². The van der Waals surface area contributed by atoms with Crippen LogP contribution in [0.3, 0.4) is 0 Å². The van der Waals surface area contributed by atoms with E-state index in [1.54, 1.807) is 24.3 Å². The molecule has 7 heteroatoms. The third-order valence-corrected chi connectivity index (χ3v) is 5.07. The summed E-state index contributed by atoms with van der Waals surface area (Å²) < 4.78 is 0. The van der Waals surface area contributed by atoms with E-state index in [0.717, 1.165) is 16.8 Å². The molecule has 2 atom stereocenters. The number of anilines is 1. The molecule has 0 saturated carbocycles. The molecule has 2 heterocycles. The first-order valence-corrected chi connectivity index (χ1v) is 7.76. The molecular formula is C15H15N3O3S. The molecule has 0 radical (unpaired) electrons. The van der Waals surface area contributed by atoms with Gasteiger partial charge in [0.25, 0.3) is 0 Å². The Morgan fingerprint density at radius 1 is 1.32 bits per heavy atom. The summed E-state index contributed by atoms with van der Waals surface area (Å²) in [5, 5.41) is 18.6. The average Bonchev–Trinajstić information content (AvgIpc) is 2.79. The zero-order valence-electron chi connectivity index (χ0n) is 12.1. The van der Waals surface area contributed by atoms with Crippen molar-refractivity contribution in [3.05, 3.63) is 46.6 Å². The number of aromatic carboxylic acids is 1. The number of carboxylic acid groups (broad SMARTS) is 1. The minimum atomic E-state index is -0.953. The van der Waals surface area contributed by atoms with E-state index in [2.05, 4.69) is 15.5 Å². The second-order valence-electron chi connectivity index (χ2n) is 5.19. The number of hydrogen-bond donors (Lipinski definition) is 3. The Hall–Kier alpha value is -2.28. The van der Waals surface area contributed by atoms with Crippen LogP contribution in [0.1, 0.15) is 39.4 Å². The number of carbonyl (C=O) groups excluding carboxylic acids is 1. The molecule has 1 aromatic heterocycles. The molecule has 0 unspecified atom stereocenters. The van der Waals surface area contributed by atoms with Crippen molar-refractivity contribution in [3.63, 3.8) is 0 Å². The van der Waals surface area contributed by atoms with E-state index in [1.807, 2.05) is 13.8 Å². The number of hydrogen-bond acceptors (Lipinski definition) is 4. The molecule has 0 bridgehead atoms. The fraction of sp³-hybridized carbons (Fsp3) is 0.267. The van der Waals surface area contributed by atoms with Gasteiger partial charge in [-0.1, -0.05) is 12.1 Å². The topological polar surface area (TPSA) is 95.1 Å². The van der Waals surface area contributed by atoms with Crippen LogP contribution < -0.4 is 5.32 Å². The highest BCUT2D eigenvalue weighted by molar-refractivity contribution is 8.01. The first-order chi connectivity index (χ1) is 10.5. The van der Waals surface area contributed by atoms with Gasteiger partial charge < -0.3 is 10.4 Å². The molecule has 3 N–H and O–H groups in total. The summed E-state index contributed by atoms with van der Waals surface area (Å²) in [4.78, 5) is 23.0. The molecule has 2 aromatic rings. The van der Waals surface area contributed by atoms with E-state index in [0.29, 0.717) is 5.82 Å². The lowest BCUT2D eigenvalue weighted by molar-refractivity contribution is -0.115. The van der Waals surface area contributed by atoms with Crippen LogP contribution in [0.15, 0.2) is 24.3 Å². The van der Waals surface area contributed by atoms with Gasteiger partial charge in [0, 0.05) is 11.3 Å². The molecule has 0 fully saturated rings. The number of rotatable bonds is 2. The number of amides is 1. The van der Waals surface area contributed by atoms with Gasteiger partial charge in [-0.05, 0) is 31.5 Å². The molecule has 6 nitrogen and oxygen atoms in total. The van der Waals surface area contributed by atoms with Crippen molar-refractivity contribution in [2.45, 2.75) is 24.3 Å². The molecular weight excluding hydrogens is 302 g/mol. The first-order valence-electron chi connectivity index (χ1n) is 6.82. The Morgan fingerprint density at radius 2 is 2.00 bits per heavy atom. The summed E-state index contributed by atoms with van der Waals surface area (Å²) in [7, 11) is 0. The number of benzene rings is 1. The Kier molecular flexibility index (Phi) is 3.66. The number of aromatic nitrogens is 2. The van der Waals surface area contributed by atoms with E-state index in [9.17, 15) is 9.59 Å². The van der Waals surface area contributed by atoms with Gasteiger partial charge in [-0.2, -0.15) is 5.10 Å². The highest BCUT2D eigenvalue weighted by Gasteiger charge is 2.32. The molecule has 1 amide bonds. The van der Waals surface area contributed by atoms with Crippen molar-refractivity contribution in [3.8, 4) is 0 Å². The Labute approximate surface area is 131 Å². The Balaban J connectivity index is 2.06. The predicted octanol–water partition coefficient (Wildman–Crippen LogP) is 2.58. The lowest BCUT2D eigenvalue weighted by atomic mass is 10.0. The molecule has 3 rings (SSSR count). The maximum atomic E-state index is 12.0. The lowest BCUT2D eigenvalue weighted by Crippen LogP contribution is -2.21. The second kappa shape index (κ2) is 5.49. The SMILES string of the molecule is Cc1[nH]nc2c1[C@@H](c1ccc(C(=O)O)cc1)S[C@H](C)C(=O)N2. The summed E-state index contributed by atoms with van der Waals surface area (Å²) in [5.41, 5.74) is 3.02. The normalized spacial score (nSPS) is 20.9. The van der Waals surface area contributed by atoms with Crippen molar-refractivity contribution in [1.29, 1.82) is 0 Å². The zero-order valence-corrected chi connectivity index (χ0v) is 12.9. The third kappa shape index (κ3) is 2.48. The monoisotopic (exact) mass is 317 g/mol. The number of aryl methyl sites for hydroxylation is 1. The average molecular weight is 317 g/mol. The molecule has 1 aliphatic rings. The third-order valence-electron chi connectivity index (χ3n) is 3.67. The number of thioether (sulfide) groups is 1. The fourth-order valence-corrected chi connectivity index (χ4v) is 3.78. The van der Waals surface area contributed by atoms with Crippen LogP contribution in [-0.4, -0.2) is 32.4 Å². The summed E-state index contributed by atoms with van der Waals surface area (Å²) in [5.74, 6) is -0.487. The van der Waals surface area contributed by atoms with Gasteiger partial charge >= 0.3 is 5.97 Å². The fourth-order valence-electron chi connectivity index (χ4n) is 2.45. The van der Waals surface area contributed by atoms with Gasteiger partial charge in [-0.3, -0.25) is 9.89 Å². The first kappa shape index (κ1) is 14.6. The second-order valence-corrected chi connectivity index (χ2v) is 6.64. The minimum absolute atomic E-state index is 0.0782. The van der Waals surface area contributed by atoms with Gasteiger partial charge in [0.2, 0.25) is 5.91 Å². The maximum Gasteiger partial charge on any atom is 0.335 e. The number of fused-ring (bicyclic) bond motifs is 1. The number of aromatic amines is 1. The highest BCUT2D eigenvalue weighted by atomic mass is 32.2. The van der Waals surface area contributed by atoms with Gasteiger partial charge in [-0.25, -0.2) is 4.79 Å². The smallest absolute Gasteiger partial charge is 0.335 e. The Bertz CT molecular complexity index is 739. The molecule has 1 aliphatic heterocycles. The number of nitrogens with one attached hydrogen (secondary N) is 2. The van der Waals surface area contributed by atoms with Crippen LogP contribution >= 0.6 is 11.8 Å². The predicted molar refractivity (Wildman–Crippen MR) is 84.3 cm³/mol. The molecule has 114 valence electrons. The van der Waals surface area contributed by atoms with Gasteiger partial charge in [-0.15, -0.1) is 11.8 Å². The summed E-state index contributed by atoms with van der Waals surface area (Å²) in [6.07, 6.45) is 0. The summed E-state index contributed by atoms with van der Waals surface area (Å²) >= 11 is 1.52. The van der Waals surface area contributed by atoms with Crippen molar-refractivity contribution in [2.24, 2.45) is 0 Å². The van der Waals surface area contributed by atoms with Crippen LogP contribution in [-0.2, 0) is 4.79 Å². The molecule has 22 heavy (non-hydrogen) atoms. The highest BCUT2D eigenvalue weighted by Crippen LogP contribution is 2.44. The number of nitrogens with zero attached hydrogens (tertiary/aromatic N) is 1. The largest absolute Gasteiger partial charge is 0.478 e. The molecule has 0 spiro atoms. The van der Waals surface area contributed by atoms with Gasteiger partial charge in [0.05, 0.1) is 16.1 Å². The van der Waals surface area contributed by atoms with Crippen LogP contribution in [0.2, 0.25) is 0 Å². The summed E-state index contributed by atoms with van der Waals surface area (Å²) in [6.45, 7) is 3.76. The van der Waals surface area contributed by atoms with E-state index < -0.39 is 5.97 Å². The van der Waals surface area contributed by atoms with Crippen molar-refractivity contribution < 1.29 is 14.7 Å². The number of carbonyl (C=O) groups is 2. The standard InChI is InChI=1S/C15H15N3O3S/c1-7-11-12(9-3-5-10(6-4-9)15(20)21)22-8(2)14(19)16-13(11)18-17-7/h3-6,8,12H,1-2H3,(H,20,21)(H2,16,17,18,19)/t8-,12-/m1/s1. The molecule has 0 saturated heterocycles. The van der Waals surface area contributed by atoms with Crippen molar-refractivity contribution >= 4 is 29.5 Å². The quantitative estimate of drug-likeness (QED) is 0.791. The van der Waals surface area contributed by atoms with E-state index in [4.69, 9.17) is 5.11 Å². The van der Waals surface area contributed by atoms with E-state index >= 15 is 0 Å². The van der Waals surface area contributed by atoms with Crippen LogP contribution in [0.4, 0.5) is 5.82 Å². The van der Waals surface area contributed by atoms with Gasteiger partial charge in [0.15, 0.2) is 5.82 Å². The zero-order chi connectivity index (χ0) is 15.9. The minimum Gasteiger partial charge on any atom is -0.478 e. The van der Waals surface area contributed by atoms with E-state index in [1.165, 1.54) is 11.8 Å². The van der Waals surface area contributed by atoms with Crippen molar-refractivity contribution in [2.75, 3.05) is 5.32 Å². The lowest BCUT2D eigenvalue weighted by Gasteiger charge is -2.17.